The summed E-state index contributed by atoms with van der Waals surface area (Å²) in [5.74, 6) is -1.30. The van der Waals surface area contributed by atoms with Gasteiger partial charge in [0.2, 0.25) is 10.0 Å². The summed E-state index contributed by atoms with van der Waals surface area (Å²) in [5.41, 5.74) is 10.6. The molecule has 4 amide bonds. The minimum Gasteiger partial charge on any atom is -0.352 e. The Labute approximate surface area is 186 Å². The number of amides is 4. The number of carbonyl (C=O) groups is 3. The predicted molar refractivity (Wildman–Crippen MR) is 117 cm³/mol. The van der Waals surface area contributed by atoms with Gasteiger partial charge in [-0.25, -0.2) is 13.2 Å². The van der Waals surface area contributed by atoms with Gasteiger partial charge in [-0.3, -0.25) is 20.4 Å². The highest BCUT2D eigenvalue weighted by Crippen LogP contribution is 2.21. The minimum atomic E-state index is -3.58. The van der Waals surface area contributed by atoms with Crippen LogP contribution in [0.2, 0.25) is 0 Å². The van der Waals surface area contributed by atoms with Crippen molar-refractivity contribution in [2.24, 2.45) is 5.73 Å². The maximum Gasteiger partial charge on any atom is 0.312 e. The van der Waals surface area contributed by atoms with E-state index in [-0.39, 0.29) is 16.9 Å². The van der Waals surface area contributed by atoms with E-state index in [1.165, 1.54) is 28.6 Å². The van der Waals surface area contributed by atoms with Crippen LogP contribution in [-0.2, 0) is 21.2 Å². The van der Waals surface area contributed by atoms with Crippen LogP contribution in [0.5, 0.6) is 0 Å². The van der Waals surface area contributed by atoms with E-state index >= 15 is 0 Å². The molecule has 1 heterocycles. The molecular weight excluding hydrogens is 434 g/mol. The number of nitrogens with one attached hydrogen (secondary N) is 3. The maximum atomic E-state index is 12.6. The lowest BCUT2D eigenvalue weighted by Crippen LogP contribution is -2.54. The summed E-state index contributed by atoms with van der Waals surface area (Å²) in [7, 11) is -3.58. The molecule has 0 spiro atoms. The van der Waals surface area contributed by atoms with Gasteiger partial charge in [-0.2, -0.15) is 4.31 Å². The number of carbonyl (C=O) groups excluding carboxylic acids is 3. The third kappa shape index (κ3) is 5.83. The number of sulfonamides is 1. The van der Waals surface area contributed by atoms with Crippen molar-refractivity contribution in [2.45, 2.75) is 30.2 Å². The van der Waals surface area contributed by atoms with Crippen LogP contribution < -0.4 is 21.9 Å². The number of primary amides is 1. The van der Waals surface area contributed by atoms with Crippen LogP contribution >= 0.6 is 0 Å². The number of hydrogen-bond acceptors (Lipinski definition) is 5. The van der Waals surface area contributed by atoms with Gasteiger partial charge in [0, 0.05) is 25.1 Å². The van der Waals surface area contributed by atoms with Gasteiger partial charge in [-0.05, 0) is 42.7 Å². The molecule has 3 rings (SSSR count). The Morgan fingerprint density at radius 2 is 1.56 bits per heavy atom. The van der Waals surface area contributed by atoms with Gasteiger partial charge in [-0.1, -0.05) is 30.3 Å². The Kier molecular flexibility index (Phi) is 7.44. The summed E-state index contributed by atoms with van der Waals surface area (Å²) < 4.78 is 26.6. The van der Waals surface area contributed by atoms with E-state index in [0.717, 1.165) is 18.4 Å². The molecule has 2 aromatic carbocycles. The normalized spacial score (nSPS) is 15.0. The largest absolute Gasteiger partial charge is 0.352 e. The van der Waals surface area contributed by atoms with E-state index in [0.29, 0.717) is 13.1 Å². The molecule has 1 aliphatic heterocycles. The van der Waals surface area contributed by atoms with Crippen molar-refractivity contribution in [3.05, 3.63) is 65.7 Å². The van der Waals surface area contributed by atoms with Crippen molar-refractivity contribution in [3.63, 3.8) is 0 Å². The highest BCUT2D eigenvalue weighted by molar-refractivity contribution is 7.89. The topological polar surface area (TPSA) is 151 Å². The zero-order valence-corrected chi connectivity index (χ0v) is 18.1. The third-order valence-electron chi connectivity index (χ3n) is 5.03. The van der Waals surface area contributed by atoms with Crippen LogP contribution in [0.1, 0.15) is 28.8 Å². The van der Waals surface area contributed by atoms with Crippen molar-refractivity contribution in [1.29, 1.82) is 0 Å². The van der Waals surface area contributed by atoms with Crippen molar-refractivity contribution in [3.8, 4) is 0 Å². The van der Waals surface area contributed by atoms with Gasteiger partial charge >= 0.3 is 6.03 Å². The molecule has 0 saturated carbocycles. The number of nitrogens with two attached hydrogens (primary N) is 1. The van der Waals surface area contributed by atoms with E-state index in [4.69, 9.17) is 5.73 Å². The zero-order valence-electron chi connectivity index (χ0n) is 17.3. The molecule has 10 nitrogen and oxygen atoms in total. The highest BCUT2D eigenvalue weighted by atomic mass is 32.2. The number of hydrazine groups is 1. The molecule has 1 aliphatic rings. The summed E-state index contributed by atoms with van der Waals surface area (Å²) in [6.45, 7) is 0.972. The van der Waals surface area contributed by atoms with E-state index in [1.807, 2.05) is 6.07 Å². The molecule has 2 aromatic rings. The lowest BCUT2D eigenvalue weighted by Gasteiger charge is -2.18. The Morgan fingerprint density at radius 1 is 0.938 bits per heavy atom. The lowest BCUT2D eigenvalue weighted by atomic mass is 10.1. The Bertz CT molecular complexity index is 1070. The molecule has 170 valence electrons. The van der Waals surface area contributed by atoms with Crippen molar-refractivity contribution >= 4 is 27.9 Å². The van der Waals surface area contributed by atoms with Crippen LogP contribution in [0.4, 0.5) is 4.79 Å². The smallest absolute Gasteiger partial charge is 0.312 e. The Balaban J connectivity index is 1.60. The zero-order chi connectivity index (χ0) is 23.1. The second kappa shape index (κ2) is 10.2. The molecule has 5 N–H and O–H groups in total. The number of rotatable bonds is 7. The van der Waals surface area contributed by atoms with Crippen molar-refractivity contribution < 1.29 is 22.8 Å². The van der Waals surface area contributed by atoms with E-state index in [1.54, 1.807) is 24.3 Å². The second-order valence-corrected chi connectivity index (χ2v) is 9.27. The Morgan fingerprint density at radius 3 is 2.16 bits per heavy atom. The molecule has 32 heavy (non-hydrogen) atoms. The molecule has 0 bridgehead atoms. The van der Waals surface area contributed by atoms with Crippen LogP contribution in [0.15, 0.2) is 59.5 Å². The quantitative estimate of drug-likeness (QED) is 0.445. The summed E-state index contributed by atoms with van der Waals surface area (Å²) in [5, 5.41) is 2.35. The third-order valence-corrected chi connectivity index (χ3v) is 6.95. The van der Waals surface area contributed by atoms with E-state index < -0.39 is 33.9 Å². The second-order valence-electron chi connectivity index (χ2n) is 7.33. The monoisotopic (exact) mass is 459 g/mol. The summed E-state index contributed by atoms with van der Waals surface area (Å²) >= 11 is 0. The highest BCUT2D eigenvalue weighted by Gasteiger charge is 2.27. The number of hydrogen-bond donors (Lipinski definition) is 4. The molecule has 1 fully saturated rings. The number of nitrogens with zero attached hydrogens (tertiary/aromatic N) is 1. The Hall–Kier alpha value is -3.44. The number of benzene rings is 2. The van der Waals surface area contributed by atoms with Gasteiger partial charge in [0.05, 0.1) is 4.90 Å². The van der Waals surface area contributed by atoms with Crippen LogP contribution in [0, 0.1) is 0 Å². The molecular formula is C21H25N5O5S. The lowest BCUT2D eigenvalue weighted by molar-refractivity contribution is -0.123. The summed E-state index contributed by atoms with van der Waals surface area (Å²) in [6.07, 6.45) is 1.83. The average molecular weight is 460 g/mol. The van der Waals surface area contributed by atoms with Crippen LogP contribution in [0.3, 0.4) is 0 Å². The fourth-order valence-electron chi connectivity index (χ4n) is 3.36. The number of urea groups is 1. The van der Waals surface area contributed by atoms with Gasteiger partial charge in [0.1, 0.15) is 6.04 Å². The molecule has 1 saturated heterocycles. The van der Waals surface area contributed by atoms with Crippen molar-refractivity contribution in [1.82, 2.24) is 20.5 Å². The standard InChI is InChI=1S/C21H25N5O5S/c22-21(29)23-18(14-15-6-2-1-3-7-15)20(28)25-24-19(27)16-8-10-17(11-9-16)32(30,31)26-12-4-5-13-26/h1-3,6-11,18H,4-5,12-14H2,(H,24,27)(H,25,28)(H3,22,23,29). The average Bonchev–Trinajstić information content (AvgIpc) is 3.33. The van der Waals surface area contributed by atoms with Gasteiger partial charge in [0.25, 0.3) is 11.8 Å². The molecule has 0 radical (unpaired) electrons. The van der Waals surface area contributed by atoms with Gasteiger partial charge < -0.3 is 11.1 Å². The first kappa shape index (κ1) is 23.2. The predicted octanol–water partition coefficient (Wildman–Crippen LogP) is 0.512. The summed E-state index contributed by atoms with van der Waals surface area (Å²) in [4.78, 5) is 36.2. The maximum absolute atomic E-state index is 12.6. The van der Waals surface area contributed by atoms with E-state index in [9.17, 15) is 22.8 Å². The first-order chi connectivity index (χ1) is 15.3. The van der Waals surface area contributed by atoms with Gasteiger partial charge in [-0.15, -0.1) is 0 Å². The molecule has 11 heteroatoms. The summed E-state index contributed by atoms with van der Waals surface area (Å²) in [6, 6.07) is 12.6. The minimum absolute atomic E-state index is 0.105. The first-order valence-electron chi connectivity index (χ1n) is 10.1. The molecule has 0 aromatic heterocycles. The van der Waals surface area contributed by atoms with Crippen LogP contribution in [0.25, 0.3) is 0 Å². The fourth-order valence-corrected chi connectivity index (χ4v) is 4.88. The molecule has 0 aliphatic carbocycles. The molecule has 1 atom stereocenters. The molecule has 1 unspecified atom stereocenters. The SMILES string of the molecule is NC(=O)NC(Cc1ccccc1)C(=O)NNC(=O)c1ccc(S(=O)(=O)N2CCCC2)cc1. The fraction of sp³-hybridized carbons (Fsp3) is 0.286. The van der Waals surface area contributed by atoms with Crippen LogP contribution in [-0.4, -0.2) is 49.7 Å². The van der Waals surface area contributed by atoms with E-state index in [2.05, 4.69) is 16.2 Å². The first-order valence-corrected chi connectivity index (χ1v) is 11.5. The van der Waals surface area contributed by atoms with Gasteiger partial charge in [0.15, 0.2) is 0 Å². The van der Waals surface area contributed by atoms with Crippen molar-refractivity contribution in [2.75, 3.05) is 13.1 Å².